The third-order valence-corrected chi connectivity index (χ3v) is 2.99. The van der Waals surface area contributed by atoms with Crippen LogP contribution in [0.3, 0.4) is 0 Å². The van der Waals surface area contributed by atoms with Crippen molar-refractivity contribution in [3.05, 3.63) is 59.4 Å². The quantitative estimate of drug-likeness (QED) is 0.735. The van der Waals surface area contributed by atoms with Gasteiger partial charge in [-0.1, -0.05) is 29.8 Å². The molecular weight excluding hydrogens is 210 g/mol. The zero-order chi connectivity index (χ0) is 12.3. The van der Waals surface area contributed by atoms with Gasteiger partial charge in [-0.05, 0) is 31.0 Å². The summed E-state index contributed by atoms with van der Waals surface area (Å²) in [4.78, 5) is 11.9. The Kier molecular flexibility index (Phi) is 3.43. The molecule has 0 atom stereocenters. The Bertz CT molecular complexity index is 508. The normalized spacial score (nSPS) is 10.5. The van der Waals surface area contributed by atoms with Crippen molar-refractivity contribution < 1.29 is 4.79 Å². The van der Waals surface area contributed by atoms with Crippen molar-refractivity contribution in [3.63, 3.8) is 0 Å². The highest BCUT2D eigenvalue weighted by Crippen LogP contribution is 2.09. The van der Waals surface area contributed by atoms with Gasteiger partial charge in [0.15, 0.2) is 5.78 Å². The predicted molar refractivity (Wildman–Crippen MR) is 69.2 cm³/mol. The van der Waals surface area contributed by atoms with Gasteiger partial charge < -0.3 is 4.57 Å². The van der Waals surface area contributed by atoms with Gasteiger partial charge in [-0.3, -0.25) is 4.79 Å². The fraction of sp³-hybridized carbons (Fsp3) is 0.267. The van der Waals surface area contributed by atoms with Crippen LogP contribution in [-0.4, -0.2) is 10.4 Å². The summed E-state index contributed by atoms with van der Waals surface area (Å²) in [5.74, 6) is 0.207. The molecule has 0 N–H and O–H groups in total. The Labute approximate surface area is 102 Å². The number of carbonyl (C=O) groups excluding carboxylic acids is 1. The highest BCUT2D eigenvalue weighted by molar-refractivity contribution is 5.94. The van der Waals surface area contributed by atoms with E-state index in [2.05, 4.69) is 31.2 Å². The monoisotopic (exact) mass is 227 g/mol. The molecule has 0 saturated carbocycles. The SMILES string of the molecule is Cc1ccc(CCC(=O)c2cccn2C)cc1. The van der Waals surface area contributed by atoms with Crippen LogP contribution in [0.15, 0.2) is 42.6 Å². The first-order valence-corrected chi connectivity index (χ1v) is 5.87. The lowest BCUT2D eigenvalue weighted by atomic mass is 10.0. The van der Waals surface area contributed by atoms with E-state index in [0.717, 1.165) is 12.1 Å². The van der Waals surface area contributed by atoms with E-state index in [1.54, 1.807) is 0 Å². The number of hydrogen-bond donors (Lipinski definition) is 0. The topological polar surface area (TPSA) is 22.0 Å². The van der Waals surface area contributed by atoms with Crippen molar-refractivity contribution in [1.82, 2.24) is 4.57 Å². The maximum Gasteiger partial charge on any atom is 0.179 e. The summed E-state index contributed by atoms with van der Waals surface area (Å²) in [6.45, 7) is 2.07. The summed E-state index contributed by atoms with van der Waals surface area (Å²) in [6, 6.07) is 12.1. The summed E-state index contributed by atoms with van der Waals surface area (Å²) >= 11 is 0. The van der Waals surface area contributed by atoms with Crippen molar-refractivity contribution in [2.45, 2.75) is 19.8 Å². The van der Waals surface area contributed by atoms with Gasteiger partial charge in [-0.15, -0.1) is 0 Å². The second kappa shape index (κ2) is 5.00. The van der Waals surface area contributed by atoms with Crippen molar-refractivity contribution >= 4 is 5.78 Å². The van der Waals surface area contributed by atoms with E-state index in [1.165, 1.54) is 11.1 Å². The third kappa shape index (κ3) is 2.84. The van der Waals surface area contributed by atoms with E-state index < -0.39 is 0 Å². The Balaban J connectivity index is 1.97. The molecule has 0 radical (unpaired) electrons. The minimum Gasteiger partial charge on any atom is -0.348 e. The molecule has 0 saturated heterocycles. The van der Waals surface area contributed by atoms with Crippen molar-refractivity contribution in [2.24, 2.45) is 7.05 Å². The average molecular weight is 227 g/mol. The van der Waals surface area contributed by atoms with Crippen LogP contribution in [-0.2, 0) is 13.5 Å². The van der Waals surface area contributed by atoms with Gasteiger partial charge in [0.05, 0.1) is 5.69 Å². The molecule has 0 bridgehead atoms. The van der Waals surface area contributed by atoms with E-state index >= 15 is 0 Å². The summed E-state index contributed by atoms with van der Waals surface area (Å²) in [5.41, 5.74) is 3.26. The maximum atomic E-state index is 11.9. The van der Waals surface area contributed by atoms with Gasteiger partial charge in [0, 0.05) is 19.7 Å². The first-order valence-electron chi connectivity index (χ1n) is 5.87. The Morgan fingerprint density at radius 1 is 1.18 bits per heavy atom. The number of carbonyl (C=O) groups is 1. The molecule has 2 heteroatoms. The summed E-state index contributed by atoms with van der Waals surface area (Å²) in [7, 11) is 1.90. The molecule has 17 heavy (non-hydrogen) atoms. The molecule has 0 spiro atoms. The molecule has 0 aliphatic rings. The molecule has 0 aliphatic carbocycles. The Morgan fingerprint density at radius 3 is 2.47 bits per heavy atom. The maximum absolute atomic E-state index is 11.9. The molecule has 0 fully saturated rings. The van der Waals surface area contributed by atoms with Crippen molar-refractivity contribution in [3.8, 4) is 0 Å². The van der Waals surface area contributed by atoms with Crippen LogP contribution < -0.4 is 0 Å². The van der Waals surface area contributed by atoms with E-state index in [-0.39, 0.29) is 5.78 Å². The lowest BCUT2D eigenvalue weighted by molar-refractivity contribution is 0.0975. The molecule has 0 unspecified atom stereocenters. The molecule has 2 aromatic rings. The lowest BCUT2D eigenvalue weighted by Gasteiger charge is -2.03. The third-order valence-electron chi connectivity index (χ3n) is 2.99. The summed E-state index contributed by atoms with van der Waals surface area (Å²) in [5, 5.41) is 0. The van der Waals surface area contributed by atoms with Gasteiger partial charge >= 0.3 is 0 Å². The number of aryl methyl sites for hydroxylation is 3. The van der Waals surface area contributed by atoms with Crippen molar-refractivity contribution in [2.75, 3.05) is 0 Å². The fourth-order valence-electron chi connectivity index (χ4n) is 1.89. The number of rotatable bonds is 4. The first-order chi connectivity index (χ1) is 8.16. The van der Waals surface area contributed by atoms with Crippen LogP contribution in [0.4, 0.5) is 0 Å². The molecule has 1 aromatic heterocycles. The van der Waals surface area contributed by atoms with E-state index in [4.69, 9.17) is 0 Å². The highest BCUT2D eigenvalue weighted by atomic mass is 16.1. The zero-order valence-electron chi connectivity index (χ0n) is 10.3. The molecule has 2 nitrogen and oxygen atoms in total. The van der Waals surface area contributed by atoms with Gasteiger partial charge in [-0.2, -0.15) is 0 Å². The van der Waals surface area contributed by atoms with E-state index in [0.29, 0.717) is 6.42 Å². The van der Waals surface area contributed by atoms with Crippen LogP contribution in [0.5, 0.6) is 0 Å². The molecule has 1 aromatic carbocycles. The van der Waals surface area contributed by atoms with Crippen molar-refractivity contribution in [1.29, 1.82) is 0 Å². The number of nitrogens with zero attached hydrogens (tertiary/aromatic N) is 1. The lowest BCUT2D eigenvalue weighted by Crippen LogP contribution is -2.06. The van der Waals surface area contributed by atoms with Crippen LogP contribution >= 0.6 is 0 Å². The molecule has 1 heterocycles. The van der Waals surface area contributed by atoms with Crippen LogP contribution in [0.25, 0.3) is 0 Å². The van der Waals surface area contributed by atoms with Gasteiger partial charge in [0.25, 0.3) is 0 Å². The van der Waals surface area contributed by atoms with Gasteiger partial charge in [0.2, 0.25) is 0 Å². The van der Waals surface area contributed by atoms with Crippen LogP contribution in [0.2, 0.25) is 0 Å². The Hall–Kier alpha value is -1.83. The van der Waals surface area contributed by atoms with Gasteiger partial charge in [-0.25, -0.2) is 0 Å². The largest absolute Gasteiger partial charge is 0.348 e. The second-order valence-electron chi connectivity index (χ2n) is 4.41. The van der Waals surface area contributed by atoms with E-state index in [9.17, 15) is 4.79 Å². The molecule has 2 rings (SSSR count). The minimum absolute atomic E-state index is 0.207. The number of Topliss-reactive ketones (excluding diaryl/α,β-unsaturated/α-hetero) is 1. The number of benzene rings is 1. The molecule has 0 amide bonds. The minimum atomic E-state index is 0.207. The second-order valence-corrected chi connectivity index (χ2v) is 4.41. The number of aromatic nitrogens is 1. The first kappa shape index (κ1) is 11.6. The fourth-order valence-corrected chi connectivity index (χ4v) is 1.89. The Morgan fingerprint density at radius 2 is 1.88 bits per heavy atom. The predicted octanol–water partition coefficient (Wildman–Crippen LogP) is 3.15. The zero-order valence-corrected chi connectivity index (χ0v) is 10.3. The highest BCUT2D eigenvalue weighted by Gasteiger charge is 2.08. The van der Waals surface area contributed by atoms with Crippen LogP contribution in [0.1, 0.15) is 28.0 Å². The van der Waals surface area contributed by atoms with Crippen LogP contribution in [0, 0.1) is 6.92 Å². The summed E-state index contributed by atoms with van der Waals surface area (Å²) < 4.78 is 1.87. The average Bonchev–Trinajstić information content (AvgIpc) is 2.74. The molecular formula is C15H17NO. The van der Waals surface area contributed by atoms with Gasteiger partial charge in [0.1, 0.15) is 0 Å². The molecule has 88 valence electrons. The summed E-state index contributed by atoms with van der Waals surface area (Å²) in [6.07, 6.45) is 3.28. The smallest absolute Gasteiger partial charge is 0.179 e. The number of hydrogen-bond acceptors (Lipinski definition) is 1. The molecule has 0 aliphatic heterocycles. The van der Waals surface area contributed by atoms with E-state index in [1.807, 2.05) is 29.9 Å². The number of ketones is 1. The standard InChI is InChI=1S/C15H17NO/c1-12-5-7-13(8-6-12)9-10-15(17)14-4-3-11-16(14)2/h3-8,11H,9-10H2,1-2H3.